The van der Waals surface area contributed by atoms with Gasteiger partial charge in [-0.1, -0.05) is 30.3 Å². The highest BCUT2D eigenvalue weighted by Crippen LogP contribution is 2.21. The maximum atomic E-state index is 12.2. The van der Waals surface area contributed by atoms with Gasteiger partial charge in [-0.15, -0.1) is 0 Å². The Hall–Kier alpha value is -2.70. The van der Waals surface area contributed by atoms with E-state index in [0.29, 0.717) is 37.6 Å². The van der Waals surface area contributed by atoms with Gasteiger partial charge in [0.1, 0.15) is 12.4 Å². The van der Waals surface area contributed by atoms with Crippen molar-refractivity contribution in [1.82, 2.24) is 4.90 Å². The topological polar surface area (TPSA) is 65.1 Å². The molecule has 0 aromatic heterocycles. The molecule has 3 rings (SSSR count). The van der Waals surface area contributed by atoms with Gasteiger partial charge in [0.25, 0.3) is 11.8 Å². The van der Waals surface area contributed by atoms with Crippen molar-refractivity contribution in [3.63, 3.8) is 0 Å². The first-order chi connectivity index (χ1) is 12.8. The number of hydrogen-bond donors (Lipinski definition) is 0. The van der Waals surface area contributed by atoms with Crippen LogP contribution < -0.4 is 4.74 Å². The van der Waals surface area contributed by atoms with Gasteiger partial charge in [0.2, 0.25) is 0 Å². The van der Waals surface area contributed by atoms with Crippen molar-refractivity contribution in [3.05, 3.63) is 65.7 Å². The highest BCUT2D eigenvalue weighted by Gasteiger charge is 2.34. The summed E-state index contributed by atoms with van der Waals surface area (Å²) in [6, 6.07) is 16.4. The summed E-state index contributed by atoms with van der Waals surface area (Å²) in [6.45, 7) is 2.29. The van der Waals surface area contributed by atoms with Gasteiger partial charge in [0.05, 0.1) is 44.1 Å². The number of para-hydroxylation sites is 1. The molecule has 0 fully saturated rings. The summed E-state index contributed by atoms with van der Waals surface area (Å²) in [4.78, 5) is 25.6. The minimum absolute atomic E-state index is 0.240. The van der Waals surface area contributed by atoms with Gasteiger partial charge >= 0.3 is 0 Å². The maximum absolute atomic E-state index is 12.2. The van der Waals surface area contributed by atoms with Gasteiger partial charge in [0.15, 0.2) is 0 Å². The quantitative estimate of drug-likeness (QED) is 0.484. The van der Waals surface area contributed by atoms with Gasteiger partial charge in [-0.2, -0.15) is 0 Å². The van der Waals surface area contributed by atoms with Gasteiger partial charge < -0.3 is 14.2 Å². The fraction of sp³-hybridized carbons (Fsp3) is 0.300. The van der Waals surface area contributed by atoms with E-state index in [1.165, 1.54) is 4.90 Å². The molecular formula is C20H21NO5. The molecule has 6 nitrogen and oxygen atoms in total. The Morgan fingerprint density at radius 3 is 1.85 bits per heavy atom. The molecule has 2 amide bonds. The molecule has 2 aromatic rings. The van der Waals surface area contributed by atoms with E-state index in [-0.39, 0.29) is 25.0 Å². The summed E-state index contributed by atoms with van der Waals surface area (Å²) in [6.07, 6.45) is 0. The van der Waals surface area contributed by atoms with Crippen LogP contribution in [0.5, 0.6) is 5.75 Å². The molecule has 1 aliphatic rings. The number of benzene rings is 2. The zero-order valence-electron chi connectivity index (χ0n) is 14.4. The number of rotatable bonds is 10. The molecule has 0 aliphatic carbocycles. The van der Waals surface area contributed by atoms with Crippen LogP contribution in [0.15, 0.2) is 54.6 Å². The highest BCUT2D eigenvalue weighted by atomic mass is 16.5. The van der Waals surface area contributed by atoms with Gasteiger partial charge in [-0.25, -0.2) is 0 Å². The van der Waals surface area contributed by atoms with Crippen molar-refractivity contribution in [2.24, 2.45) is 0 Å². The predicted octanol–water partition coefficient (Wildman–Crippen LogP) is 2.39. The molecule has 0 saturated heterocycles. The summed E-state index contributed by atoms with van der Waals surface area (Å²) in [7, 11) is 0. The average molecular weight is 355 g/mol. The third-order valence-corrected chi connectivity index (χ3v) is 3.95. The van der Waals surface area contributed by atoms with Gasteiger partial charge in [-0.05, 0) is 24.3 Å². The van der Waals surface area contributed by atoms with E-state index < -0.39 is 0 Å². The van der Waals surface area contributed by atoms with Gasteiger partial charge in [-0.3, -0.25) is 14.5 Å². The minimum Gasteiger partial charge on any atom is -0.491 e. The molecule has 0 bridgehead atoms. The molecule has 0 unspecified atom stereocenters. The van der Waals surface area contributed by atoms with Crippen LogP contribution in [-0.2, 0) is 9.47 Å². The first-order valence-electron chi connectivity index (χ1n) is 8.56. The van der Waals surface area contributed by atoms with E-state index in [1.807, 2.05) is 30.3 Å². The van der Waals surface area contributed by atoms with Crippen LogP contribution in [0.25, 0.3) is 0 Å². The van der Waals surface area contributed by atoms with Crippen LogP contribution in [0.1, 0.15) is 20.7 Å². The summed E-state index contributed by atoms with van der Waals surface area (Å²) in [5.74, 6) is 0.292. The Bertz CT molecular complexity index is 712. The Labute approximate surface area is 152 Å². The molecule has 0 N–H and O–H groups in total. The third-order valence-electron chi connectivity index (χ3n) is 3.95. The smallest absolute Gasteiger partial charge is 0.261 e. The van der Waals surface area contributed by atoms with E-state index in [2.05, 4.69) is 0 Å². The van der Waals surface area contributed by atoms with Crippen LogP contribution in [0.3, 0.4) is 0 Å². The Morgan fingerprint density at radius 1 is 0.654 bits per heavy atom. The van der Waals surface area contributed by atoms with Crippen LogP contribution in [0.4, 0.5) is 0 Å². The Morgan fingerprint density at radius 2 is 1.19 bits per heavy atom. The first-order valence-corrected chi connectivity index (χ1v) is 8.56. The molecular weight excluding hydrogens is 334 g/mol. The first kappa shape index (κ1) is 18.1. The van der Waals surface area contributed by atoms with Crippen molar-refractivity contribution in [1.29, 1.82) is 0 Å². The van der Waals surface area contributed by atoms with Gasteiger partial charge in [0, 0.05) is 0 Å². The molecule has 1 aliphatic heterocycles. The van der Waals surface area contributed by atoms with E-state index >= 15 is 0 Å². The lowest BCUT2D eigenvalue weighted by Crippen LogP contribution is -2.33. The van der Waals surface area contributed by atoms with Crippen molar-refractivity contribution in [2.75, 3.05) is 39.6 Å². The lowest BCUT2D eigenvalue weighted by molar-refractivity contribution is 0.0282. The number of carbonyl (C=O) groups excluding carboxylic acids is 2. The molecule has 26 heavy (non-hydrogen) atoms. The van der Waals surface area contributed by atoms with Crippen molar-refractivity contribution in [2.45, 2.75) is 0 Å². The number of nitrogens with zero attached hydrogens (tertiary/aromatic N) is 1. The maximum Gasteiger partial charge on any atom is 0.261 e. The molecule has 0 spiro atoms. The standard InChI is InChI=1S/C20H21NO5/c22-19-17-8-4-5-9-18(17)20(23)21(19)10-11-24-12-13-25-14-15-26-16-6-2-1-3-7-16/h1-9H,10-15H2. The normalized spacial score (nSPS) is 13.2. The summed E-state index contributed by atoms with van der Waals surface area (Å²) in [5.41, 5.74) is 0.915. The molecule has 136 valence electrons. The zero-order valence-corrected chi connectivity index (χ0v) is 14.4. The molecule has 0 saturated carbocycles. The Kier molecular flexibility index (Phi) is 6.35. The largest absolute Gasteiger partial charge is 0.491 e. The lowest BCUT2D eigenvalue weighted by Gasteiger charge is -2.13. The Balaban J connectivity index is 1.25. The molecule has 6 heteroatoms. The van der Waals surface area contributed by atoms with E-state index in [0.717, 1.165) is 5.75 Å². The summed E-state index contributed by atoms with van der Waals surface area (Å²) in [5, 5.41) is 0. The second kappa shape index (κ2) is 9.12. The number of ether oxygens (including phenoxy) is 3. The fourth-order valence-electron chi connectivity index (χ4n) is 2.66. The summed E-state index contributed by atoms with van der Waals surface area (Å²) >= 11 is 0. The number of amides is 2. The van der Waals surface area contributed by atoms with Crippen LogP contribution in [0.2, 0.25) is 0 Å². The highest BCUT2D eigenvalue weighted by molar-refractivity contribution is 6.21. The zero-order chi connectivity index (χ0) is 18.2. The average Bonchev–Trinajstić information content (AvgIpc) is 2.92. The molecule has 0 atom stereocenters. The van der Waals surface area contributed by atoms with E-state index in [9.17, 15) is 9.59 Å². The number of imide groups is 1. The van der Waals surface area contributed by atoms with E-state index in [4.69, 9.17) is 14.2 Å². The predicted molar refractivity (Wildman–Crippen MR) is 95.4 cm³/mol. The second-order valence-corrected chi connectivity index (χ2v) is 5.69. The van der Waals surface area contributed by atoms with Crippen LogP contribution in [0, 0.1) is 0 Å². The molecule has 2 aromatic carbocycles. The van der Waals surface area contributed by atoms with Crippen molar-refractivity contribution < 1.29 is 23.8 Å². The van der Waals surface area contributed by atoms with Crippen LogP contribution in [-0.4, -0.2) is 56.3 Å². The van der Waals surface area contributed by atoms with E-state index in [1.54, 1.807) is 24.3 Å². The van der Waals surface area contributed by atoms with Crippen LogP contribution >= 0.6 is 0 Å². The molecule has 0 radical (unpaired) electrons. The lowest BCUT2D eigenvalue weighted by atomic mass is 10.1. The monoisotopic (exact) mass is 355 g/mol. The minimum atomic E-state index is -0.261. The number of fused-ring (bicyclic) bond motifs is 1. The third kappa shape index (κ3) is 4.47. The number of hydrogen-bond acceptors (Lipinski definition) is 5. The second-order valence-electron chi connectivity index (χ2n) is 5.69. The number of carbonyl (C=O) groups is 2. The molecule has 1 heterocycles. The fourth-order valence-corrected chi connectivity index (χ4v) is 2.66. The van der Waals surface area contributed by atoms with Crippen molar-refractivity contribution in [3.8, 4) is 5.75 Å². The summed E-state index contributed by atoms with van der Waals surface area (Å²) < 4.78 is 16.4. The SMILES string of the molecule is O=C1c2ccccc2C(=O)N1CCOCCOCCOc1ccccc1. The van der Waals surface area contributed by atoms with Crippen molar-refractivity contribution >= 4 is 11.8 Å².